The van der Waals surface area contributed by atoms with Crippen LogP contribution in [0.1, 0.15) is 35.8 Å². The van der Waals surface area contributed by atoms with E-state index in [-0.39, 0.29) is 17.1 Å². The van der Waals surface area contributed by atoms with E-state index in [9.17, 15) is 14.0 Å². The Balaban J connectivity index is 1.71. The number of nitrogens with zero attached hydrogens (tertiary/aromatic N) is 3. The minimum atomic E-state index is -0.505. The molecule has 3 aromatic rings. The van der Waals surface area contributed by atoms with Crippen molar-refractivity contribution >= 4 is 34.2 Å². The Kier molecular flexibility index (Phi) is 5.44. The lowest BCUT2D eigenvalue weighted by Gasteiger charge is -2.17. The van der Waals surface area contributed by atoms with E-state index < -0.39 is 5.91 Å². The number of nitrogens with one attached hydrogen (secondary N) is 1. The van der Waals surface area contributed by atoms with Crippen LogP contribution in [-0.2, 0) is 6.54 Å². The first kappa shape index (κ1) is 19.3. The molecular weight excluding hydrogens is 391 g/mol. The van der Waals surface area contributed by atoms with Crippen molar-refractivity contribution < 1.29 is 9.18 Å². The van der Waals surface area contributed by atoms with Crippen LogP contribution in [0.25, 0.3) is 10.8 Å². The molecule has 1 aliphatic heterocycles. The molecule has 148 valence electrons. The van der Waals surface area contributed by atoms with E-state index >= 15 is 0 Å². The molecule has 6 nitrogen and oxygen atoms in total. The van der Waals surface area contributed by atoms with Gasteiger partial charge in [-0.3, -0.25) is 9.59 Å². The van der Waals surface area contributed by atoms with Crippen LogP contribution in [0.4, 0.5) is 4.39 Å². The van der Waals surface area contributed by atoms with E-state index in [1.54, 1.807) is 42.1 Å². The maximum absolute atomic E-state index is 13.7. The summed E-state index contributed by atoms with van der Waals surface area (Å²) in [6.45, 7) is 2.36. The van der Waals surface area contributed by atoms with Crippen molar-refractivity contribution in [2.45, 2.75) is 31.2 Å². The van der Waals surface area contributed by atoms with Crippen molar-refractivity contribution in [3.8, 4) is 0 Å². The highest BCUT2D eigenvalue weighted by atomic mass is 32.2. The second-order valence-corrected chi connectivity index (χ2v) is 7.80. The van der Waals surface area contributed by atoms with Gasteiger partial charge in [0.1, 0.15) is 5.82 Å². The van der Waals surface area contributed by atoms with Crippen LogP contribution in [0, 0.1) is 5.82 Å². The Morgan fingerprint density at radius 1 is 1.28 bits per heavy atom. The van der Waals surface area contributed by atoms with Crippen LogP contribution < -0.4 is 11.0 Å². The van der Waals surface area contributed by atoms with E-state index in [4.69, 9.17) is 0 Å². The molecule has 0 saturated heterocycles. The summed E-state index contributed by atoms with van der Waals surface area (Å²) in [5, 5.41) is 9.45. The highest BCUT2D eigenvalue weighted by Crippen LogP contribution is 2.30. The second kappa shape index (κ2) is 8.16. The van der Waals surface area contributed by atoms with Gasteiger partial charge in [0.2, 0.25) is 0 Å². The molecule has 0 atom stereocenters. The van der Waals surface area contributed by atoms with Gasteiger partial charge in [0, 0.05) is 34.6 Å². The fourth-order valence-corrected chi connectivity index (χ4v) is 4.31. The van der Waals surface area contributed by atoms with Gasteiger partial charge in [-0.05, 0) is 30.7 Å². The number of thioether (sulfide) groups is 1. The molecule has 0 aliphatic carbocycles. The van der Waals surface area contributed by atoms with Gasteiger partial charge in [-0.25, -0.2) is 14.5 Å². The molecule has 0 spiro atoms. The van der Waals surface area contributed by atoms with Gasteiger partial charge in [-0.15, -0.1) is 11.8 Å². The van der Waals surface area contributed by atoms with E-state index in [1.807, 2.05) is 6.92 Å². The molecule has 0 unspecified atom stereocenters. The second-order valence-electron chi connectivity index (χ2n) is 6.66. The predicted octanol–water partition coefficient (Wildman–Crippen LogP) is 3.58. The van der Waals surface area contributed by atoms with Crippen molar-refractivity contribution in [3.63, 3.8) is 0 Å². The molecule has 2 aromatic carbocycles. The number of hydrogen-bond acceptors (Lipinski definition) is 5. The SMILES string of the molecule is CCCn1nc(C(=O)N/N=C2/CCSc3ccc(F)cc32)c2ccccc2c1=O. The molecule has 0 fully saturated rings. The number of benzene rings is 2. The molecule has 1 amide bonds. The van der Waals surface area contributed by atoms with Crippen LogP contribution in [0.2, 0.25) is 0 Å². The predicted molar refractivity (Wildman–Crippen MR) is 112 cm³/mol. The molecular formula is C21H19FN4O2S. The molecule has 8 heteroatoms. The van der Waals surface area contributed by atoms with Gasteiger partial charge in [-0.1, -0.05) is 25.1 Å². The zero-order chi connectivity index (χ0) is 20.4. The van der Waals surface area contributed by atoms with E-state index in [0.29, 0.717) is 41.4 Å². The molecule has 0 radical (unpaired) electrons. The maximum atomic E-state index is 13.7. The average Bonchev–Trinajstić information content (AvgIpc) is 2.74. The van der Waals surface area contributed by atoms with Crippen molar-refractivity contribution in [3.05, 3.63) is 69.9 Å². The first-order valence-corrected chi connectivity index (χ1v) is 10.4. The summed E-state index contributed by atoms with van der Waals surface area (Å²) in [7, 11) is 0. The van der Waals surface area contributed by atoms with Crippen LogP contribution in [-0.4, -0.2) is 27.2 Å². The number of hydrogen-bond donors (Lipinski definition) is 1. The number of aryl methyl sites for hydroxylation is 1. The Hall–Kier alpha value is -3.00. The molecule has 1 aromatic heterocycles. The standard InChI is InChI=1S/C21H19FN4O2S/c1-2-10-26-21(28)15-6-4-3-5-14(15)19(25-26)20(27)24-23-17-9-11-29-18-8-7-13(22)12-16(17)18/h3-8,12H,2,9-11H2,1H3,(H,24,27)/b23-17-. The Morgan fingerprint density at radius 3 is 2.86 bits per heavy atom. The van der Waals surface area contributed by atoms with Gasteiger partial charge < -0.3 is 0 Å². The third kappa shape index (κ3) is 3.80. The summed E-state index contributed by atoms with van der Waals surface area (Å²) in [5.41, 5.74) is 3.78. The number of hydrazone groups is 1. The summed E-state index contributed by atoms with van der Waals surface area (Å²) in [4.78, 5) is 26.4. The van der Waals surface area contributed by atoms with E-state index in [1.165, 1.54) is 16.8 Å². The summed E-state index contributed by atoms with van der Waals surface area (Å²) in [6, 6.07) is 11.5. The maximum Gasteiger partial charge on any atom is 0.292 e. The normalized spacial score (nSPS) is 14.8. The van der Waals surface area contributed by atoms with Crippen molar-refractivity contribution in [1.29, 1.82) is 0 Å². The smallest absolute Gasteiger partial charge is 0.267 e. The zero-order valence-electron chi connectivity index (χ0n) is 15.8. The summed E-state index contributed by atoms with van der Waals surface area (Å²) < 4.78 is 15.0. The van der Waals surface area contributed by atoms with Crippen LogP contribution >= 0.6 is 11.8 Å². The first-order valence-electron chi connectivity index (χ1n) is 9.38. The lowest BCUT2D eigenvalue weighted by Crippen LogP contribution is -2.29. The lowest BCUT2D eigenvalue weighted by molar-refractivity contribution is 0.0949. The van der Waals surface area contributed by atoms with Gasteiger partial charge in [0.25, 0.3) is 11.5 Å². The number of carbonyl (C=O) groups is 1. The van der Waals surface area contributed by atoms with Gasteiger partial charge in [-0.2, -0.15) is 10.2 Å². The quantitative estimate of drug-likeness (QED) is 0.667. The molecule has 0 saturated carbocycles. The van der Waals surface area contributed by atoms with E-state index in [2.05, 4.69) is 15.6 Å². The fraction of sp³-hybridized carbons (Fsp3) is 0.238. The van der Waals surface area contributed by atoms with Gasteiger partial charge in [0.15, 0.2) is 5.69 Å². The van der Waals surface area contributed by atoms with Crippen LogP contribution in [0.5, 0.6) is 0 Å². The molecule has 29 heavy (non-hydrogen) atoms. The summed E-state index contributed by atoms with van der Waals surface area (Å²) in [6.07, 6.45) is 1.33. The van der Waals surface area contributed by atoms with Gasteiger partial charge >= 0.3 is 0 Å². The molecule has 0 bridgehead atoms. The Morgan fingerprint density at radius 2 is 2.07 bits per heavy atom. The molecule has 1 aliphatic rings. The number of rotatable bonds is 4. The van der Waals surface area contributed by atoms with Gasteiger partial charge in [0.05, 0.1) is 11.1 Å². The Labute approximate surface area is 170 Å². The number of halogens is 1. The largest absolute Gasteiger partial charge is 0.292 e. The van der Waals surface area contributed by atoms with Crippen molar-refractivity contribution in [2.24, 2.45) is 5.10 Å². The number of carbonyl (C=O) groups excluding carboxylic acids is 1. The molecule has 2 heterocycles. The monoisotopic (exact) mass is 410 g/mol. The van der Waals surface area contributed by atoms with Crippen LogP contribution in [0.15, 0.2) is 57.3 Å². The third-order valence-electron chi connectivity index (χ3n) is 4.66. The number of amides is 1. The first-order chi connectivity index (χ1) is 14.1. The lowest BCUT2D eigenvalue weighted by atomic mass is 10.1. The third-order valence-corrected chi connectivity index (χ3v) is 5.73. The highest BCUT2D eigenvalue weighted by Gasteiger charge is 2.19. The number of fused-ring (bicyclic) bond motifs is 2. The average molecular weight is 410 g/mol. The van der Waals surface area contributed by atoms with E-state index in [0.717, 1.165) is 10.6 Å². The van der Waals surface area contributed by atoms with Crippen LogP contribution in [0.3, 0.4) is 0 Å². The topological polar surface area (TPSA) is 76.3 Å². The minimum absolute atomic E-state index is 0.141. The minimum Gasteiger partial charge on any atom is -0.267 e. The molecule has 1 N–H and O–H groups in total. The molecule has 4 rings (SSSR count). The van der Waals surface area contributed by atoms with Crippen molar-refractivity contribution in [2.75, 3.05) is 5.75 Å². The summed E-state index contributed by atoms with van der Waals surface area (Å²) in [5.74, 6) is -0.0464. The number of aromatic nitrogens is 2. The summed E-state index contributed by atoms with van der Waals surface area (Å²) >= 11 is 1.63. The zero-order valence-corrected chi connectivity index (χ0v) is 16.6. The fourth-order valence-electron chi connectivity index (χ4n) is 3.30. The Bertz CT molecular complexity index is 1190. The highest BCUT2D eigenvalue weighted by molar-refractivity contribution is 7.99. The van der Waals surface area contributed by atoms with Crippen molar-refractivity contribution in [1.82, 2.24) is 15.2 Å².